The van der Waals surface area contributed by atoms with E-state index in [4.69, 9.17) is 4.74 Å². The Balaban J connectivity index is 1.26. The number of unbranched alkanes of at least 4 members (excludes halogenated alkanes) is 1. The minimum atomic E-state index is 0.100. The predicted octanol–water partition coefficient (Wildman–Crippen LogP) is 7.53. The van der Waals surface area contributed by atoms with Gasteiger partial charge in [0.25, 0.3) is 0 Å². The van der Waals surface area contributed by atoms with E-state index in [1.165, 1.54) is 50.5 Å². The molecule has 0 N–H and O–H groups in total. The van der Waals surface area contributed by atoms with E-state index in [1.807, 2.05) is 6.08 Å². The fourth-order valence-electron chi connectivity index (χ4n) is 9.70. The van der Waals surface area contributed by atoms with Gasteiger partial charge in [0, 0.05) is 11.8 Å². The second-order valence-electron chi connectivity index (χ2n) is 13.3. The van der Waals surface area contributed by atoms with Crippen molar-refractivity contribution in [3.8, 4) is 0 Å². The highest BCUT2D eigenvalue weighted by Crippen LogP contribution is 2.65. The van der Waals surface area contributed by atoms with Crippen molar-refractivity contribution in [2.24, 2.45) is 52.8 Å². The fourth-order valence-corrected chi connectivity index (χ4v) is 9.70. The second kappa shape index (κ2) is 9.74. The molecule has 0 aliphatic heterocycles. The molecule has 0 aromatic rings. The summed E-state index contributed by atoms with van der Waals surface area (Å²) in [6.07, 6.45) is 16.9. The Morgan fingerprint density at radius 3 is 2.53 bits per heavy atom. The van der Waals surface area contributed by atoms with Gasteiger partial charge in [-0.05, 0) is 105 Å². The van der Waals surface area contributed by atoms with Crippen molar-refractivity contribution in [3.05, 3.63) is 11.6 Å². The molecule has 5 aliphatic carbocycles. The van der Waals surface area contributed by atoms with Gasteiger partial charge in [0.15, 0.2) is 5.78 Å². The molecule has 190 valence electrons. The molecule has 34 heavy (non-hydrogen) atoms. The van der Waals surface area contributed by atoms with E-state index < -0.39 is 0 Å². The van der Waals surface area contributed by atoms with Crippen LogP contribution in [-0.4, -0.2) is 17.9 Å². The van der Waals surface area contributed by atoms with E-state index in [1.54, 1.807) is 0 Å². The van der Waals surface area contributed by atoms with Crippen molar-refractivity contribution >= 4 is 11.8 Å². The predicted molar refractivity (Wildman–Crippen MR) is 136 cm³/mol. The van der Waals surface area contributed by atoms with Crippen molar-refractivity contribution in [1.29, 1.82) is 0 Å². The number of ketones is 1. The molecule has 0 radical (unpaired) electrons. The number of hydrogen-bond acceptors (Lipinski definition) is 3. The van der Waals surface area contributed by atoms with Crippen molar-refractivity contribution in [3.63, 3.8) is 0 Å². The third kappa shape index (κ3) is 4.32. The maximum atomic E-state index is 13.3. The molecular formula is C31H48O3. The number of allylic oxidation sites excluding steroid dienone is 1. The molecule has 0 bridgehead atoms. The normalized spacial score (nSPS) is 46.2. The summed E-state index contributed by atoms with van der Waals surface area (Å²) in [4.78, 5) is 25.4. The van der Waals surface area contributed by atoms with Crippen molar-refractivity contribution in [2.45, 2.75) is 117 Å². The van der Waals surface area contributed by atoms with E-state index in [2.05, 4.69) is 27.7 Å². The molecule has 0 aromatic heterocycles. The van der Waals surface area contributed by atoms with Gasteiger partial charge in [-0.15, -0.1) is 0 Å². The molecule has 3 heteroatoms. The number of carbonyl (C=O) groups is 2. The van der Waals surface area contributed by atoms with Gasteiger partial charge in [-0.25, -0.2) is 0 Å². The summed E-state index contributed by atoms with van der Waals surface area (Å²) in [5, 5.41) is 0. The first-order chi connectivity index (χ1) is 16.3. The quantitative estimate of drug-likeness (QED) is 0.392. The monoisotopic (exact) mass is 468 g/mol. The van der Waals surface area contributed by atoms with Crippen LogP contribution in [0.2, 0.25) is 0 Å². The summed E-state index contributed by atoms with van der Waals surface area (Å²) < 4.78 is 6.43. The van der Waals surface area contributed by atoms with E-state index >= 15 is 0 Å². The summed E-state index contributed by atoms with van der Waals surface area (Å²) in [5.74, 6) is 5.36. The molecular weight excluding hydrogens is 420 g/mol. The van der Waals surface area contributed by atoms with Crippen molar-refractivity contribution < 1.29 is 14.3 Å². The van der Waals surface area contributed by atoms with Crippen LogP contribution in [0.5, 0.6) is 0 Å². The molecule has 0 aromatic carbocycles. The molecule has 4 saturated carbocycles. The number of ether oxygens (including phenoxy) is 1. The first-order valence-corrected chi connectivity index (χ1v) is 14.8. The van der Waals surface area contributed by atoms with Crippen LogP contribution in [0.3, 0.4) is 0 Å². The van der Waals surface area contributed by atoms with Gasteiger partial charge >= 0.3 is 5.97 Å². The lowest BCUT2D eigenvalue weighted by atomic mass is 9.47. The zero-order chi connectivity index (χ0) is 24.0. The highest BCUT2D eigenvalue weighted by atomic mass is 16.5. The van der Waals surface area contributed by atoms with E-state index in [0.29, 0.717) is 41.3 Å². The van der Waals surface area contributed by atoms with Crippen LogP contribution in [0, 0.1) is 52.8 Å². The SMILES string of the molecule is CCCCC1CCC(C(=O)OC2CC[C@H]3[C@@H]4C(C)CC5=CC(=O)CC[C@@H]5[C@H]4C(C)C[C@]23C)CC1. The van der Waals surface area contributed by atoms with E-state index in [0.717, 1.165) is 44.4 Å². The second-order valence-corrected chi connectivity index (χ2v) is 13.3. The third-order valence-electron chi connectivity index (χ3n) is 11.3. The largest absolute Gasteiger partial charge is 0.462 e. The molecule has 3 nitrogen and oxygen atoms in total. The number of rotatable bonds is 5. The maximum Gasteiger partial charge on any atom is 0.309 e. The topological polar surface area (TPSA) is 43.4 Å². The Morgan fingerprint density at radius 1 is 1.03 bits per heavy atom. The lowest BCUT2D eigenvalue weighted by Gasteiger charge is -2.58. The highest BCUT2D eigenvalue weighted by molar-refractivity contribution is 5.91. The lowest BCUT2D eigenvalue weighted by Crippen LogP contribution is -2.54. The smallest absolute Gasteiger partial charge is 0.309 e. The average Bonchev–Trinajstić information content (AvgIpc) is 3.12. The number of esters is 1. The Morgan fingerprint density at radius 2 is 1.79 bits per heavy atom. The zero-order valence-corrected chi connectivity index (χ0v) is 22.2. The Hall–Kier alpha value is -1.12. The molecule has 4 fully saturated rings. The molecule has 0 heterocycles. The van der Waals surface area contributed by atoms with Gasteiger partial charge in [0.05, 0.1) is 5.92 Å². The van der Waals surface area contributed by atoms with Crippen LogP contribution >= 0.6 is 0 Å². The zero-order valence-electron chi connectivity index (χ0n) is 22.2. The summed E-state index contributed by atoms with van der Waals surface area (Å²) in [6.45, 7) is 9.62. The molecule has 0 spiro atoms. The number of hydrogen-bond donors (Lipinski definition) is 0. The molecule has 0 saturated heterocycles. The summed E-state index contributed by atoms with van der Waals surface area (Å²) in [5.41, 5.74) is 1.57. The van der Waals surface area contributed by atoms with E-state index in [9.17, 15) is 9.59 Å². The first-order valence-electron chi connectivity index (χ1n) is 14.8. The van der Waals surface area contributed by atoms with Crippen LogP contribution in [0.25, 0.3) is 0 Å². The number of carbonyl (C=O) groups excluding carboxylic acids is 2. The first kappa shape index (κ1) is 24.6. The van der Waals surface area contributed by atoms with Crippen LogP contribution in [-0.2, 0) is 14.3 Å². The van der Waals surface area contributed by atoms with Gasteiger partial charge in [0.1, 0.15) is 6.10 Å². The summed E-state index contributed by atoms with van der Waals surface area (Å²) >= 11 is 0. The molecule has 5 rings (SSSR count). The standard InChI is InChI=1S/C31H48O3/c1-5-6-7-21-8-10-22(11-9-21)30(33)34-27-15-14-26-29-19(2)16-23-17-24(32)12-13-25(23)28(29)20(3)18-31(26,27)4/h17,19-22,25-29H,5-16,18H2,1-4H3/t19?,20?,21?,22?,25-,26-,27?,28+,29-,31-/m0/s1. The summed E-state index contributed by atoms with van der Waals surface area (Å²) in [6, 6.07) is 0. The van der Waals surface area contributed by atoms with Crippen LogP contribution < -0.4 is 0 Å². The Kier molecular flexibility index (Phi) is 7.04. The fraction of sp³-hybridized carbons (Fsp3) is 0.871. The molecule has 3 unspecified atom stereocenters. The minimum absolute atomic E-state index is 0.100. The van der Waals surface area contributed by atoms with Gasteiger partial charge in [0.2, 0.25) is 0 Å². The Bertz CT molecular complexity index is 805. The highest BCUT2D eigenvalue weighted by Gasteiger charge is 2.61. The van der Waals surface area contributed by atoms with Gasteiger partial charge < -0.3 is 4.74 Å². The maximum absolute atomic E-state index is 13.3. The third-order valence-corrected chi connectivity index (χ3v) is 11.3. The molecule has 0 amide bonds. The molecule has 8 atom stereocenters. The van der Waals surface area contributed by atoms with Gasteiger partial charge in [-0.2, -0.15) is 0 Å². The van der Waals surface area contributed by atoms with Crippen LogP contribution in [0.15, 0.2) is 11.6 Å². The van der Waals surface area contributed by atoms with Crippen LogP contribution in [0.1, 0.15) is 111 Å². The lowest BCUT2D eigenvalue weighted by molar-refractivity contribution is -0.168. The molecule has 5 aliphatic rings. The number of fused-ring (bicyclic) bond motifs is 5. The minimum Gasteiger partial charge on any atom is -0.462 e. The van der Waals surface area contributed by atoms with Gasteiger partial charge in [-0.3, -0.25) is 9.59 Å². The van der Waals surface area contributed by atoms with Crippen LogP contribution in [0.4, 0.5) is 0 Å². The summed E-state index contributed by atoms with van der Waals surface area (Å²) in [7, 11) is 0. The van der Waals surface area contributed by atoms with Crippen molar-refractivity contribution in [2.75, 3.05) is 0 Å². The van der Waals surface area contributed by atoms with E-state index in [-0.39, 0.29) is 23.4 Å². The van der Waals surface area contributed by atoms with Gasteiger partial charge in [-0.1, -0.05) is 52.5 Å². The van der Waals surface area contributed by atoms with Crippen molar-refractivity contribution in [1.82, 2.24) is 0 Å². The average molecular weight is 469 g/mol. The Labute approximate surface area is 207 Å².